The zero-order valence-corrected chi connectivity index (χ0v) is 14.5. The van der Waals surface area contributed by atoms with Gasteiger partial charge in [-0.25, -0.2) is 0 Å². The fourth-order valence-corrected chi connectivity index (χ4v) is 15.2. The van der Waals surface area contributed by atoms with Gasteiger partial charge < -0.3 is 0 Å². The maximum atomic E-state index is 2.52. The third kappa shape index (κ3) is 3.87. The zero-order valence-electron chi connectivity index (χ0n) is 11.7. The van der Waals surface area contributed by atoms with E-state index < -0.39 is 19.2 Å². The van der Waals surface area contributed by atoms with Crippen molar-refractivity contribution in [2.24, 2.45) is 0 Å². The van der Waals surface area contributed by atoms with Crippen LogP contribution < -0.4 is 0 Å². The van der Waals surface area contributed by atoms with Crippen LogP contribution in [-0.2, 0) is 0 Å². The Labute approximate surface area is 101 Å². The number of nitrogens with zero attached hydrogens (tertiary/aromatic N) is 3. The Bertz CT molecular complexity index is 147. The molecule has 0 fully saturated rings. The molecule has 0 radical (unpaired) electrons. The molecule has 0 saturated heterocycles. The molecule has 0 aliphatic heterocycles. The number of rotatable bonds is 7. The SMILES string of the molecule is CCCC[CH2][Sn]([N](C)C)([N](C)C)[N](C)C. The first kappa shape index (κ1) is 15.7. The summed E-state index contributed by atoms with van der Waals surface area (Å²) in [5.74, 6) is 0. The summed E-state index contributed by atoms with van der Waals surface area (Å²) in [6, 6.07) is 0. The molecule has 0 aliphatic rings. The number of hydrogen-bond donors (Lipinski definition) is 0. The average Bonchev–Trinajstić information content (AvgIpc) is 2.10. The Balaban J connectivity index is 4.65. The second-order valence-electron chi connectivity index (χ2n) is 4.91. The quantitative estimate of drug-likeness (QED) is 0.523. The van der Waals surface area contributed by atoms with Gasteiger partial charge in [0.2, 0.25) is 0 Å². The van der Waals surface area contributed by atoms with Gasteiger partial charge in [-0.15, -0.1) is 0 Å². The fourth-order valence-electron chi connectivity index (χ4n) is 2.48. The van der Waals surface area contributed by atoms with Gasteiger partial charge in [0.15, 0.2) is 0 Å². The van der Waals surface area contributed by atoms with Crippen LogP contribution >= 0.6 is 0 Å². The topological polar surface area (TPSA) is 9.72 Å². The number of hydrogen-bond acceptors (Lipinski definition) is 3. The van der Waals surface area contributed by atoms with Crippen LogP contribution in [0.3, 0.4) is 0 Å². The van der Waals surface area contributed by atoms with Crippen LogP contribution in [0.15, 0.2) is 0 Å². The summed E-state index contributed by atoms with van der Waals surface area (Å²) in [5, 5.41) is 0. The third-order valence-corrected chi connectivity index (χ3v) is 18.5. The van der Waals surface area contributed by atoms with E-state index in [1.54, 1.807) is 0 Å². The summed E-state index contributed by atoms with van der Waals surface area (Å²) in [6.07, 6.45) is 4.06. The van der Waals surface area contributed by atoms with Crippen LogP contribution in [-0.4, -0.2) is 70.8 Å². The summed E-state index contributed by atoms with van der Waals surface area (Å²) >= 11 is -2.39. The van der Waals surface area contributed by atoms with Gasteiger partial charge in [-0.05, 0) is 0 Å². The van der Waals surface area contributed by atoms with Gasteiger partial charge in [0.05, 0.1) is 0 Å². The van der Waals surface area contributed by atoms with E-state index in [1.807, 2.05) is 0 Å². The molecular formula is C11H29N3Sn. The average molecular weight is 322 g/mol. The van der Waals surface area contributed by atoms with E-state index in [-0.39, 0.29) is 0 Å². The van der Waals surface area contributed by atoms with Crippen LogP contribution in [0.4, 0.5) is 0 Å². The first-order valence-corrected chi connectivity index (χ1v) is 11.8. The molecule has 0 heterocycles. The summed E-state index contributed by atoms with van der Waals surface area (Å²) in [5.41, 5.74) is 0. The molecule has 0 aliphatic carbocycles. The van der Waals surface area contributed by atoms with Crippen molar-refractivity contribution < 1.29 is 0 Å². The van der Waals surface area contributed by atoms with E-state index in [1.165, 1.54) is 23.7 Å². The van der Waals surface area contributed by atoms with E-state index in [0.29, 0.717) is 0 Å². The van der Waals surface area contributed by atoms with Gasteiger partial charge in [-0.1, -0.05) is 0 Å². The van der Waals surface area contributed by atoms with Crippen molar-refractivity contribution in [2.75, 3.05) is 42.3 Å². The standard InChI is InChI=1S/C5H11.3C2H6N.Sn/c1-3-5-4-2;3*1-3-2;/h1,3-5H2,2H3;3*1-2H3;/q;3*-1;+3. The second kappa shape index (κ2) is 7.09. The molecule has 15 heavy (non-hydrogen) atoms. The van der Waals surface area contributed by atoms with E-state index in [0.717, 1.165) is 0 Å². The Morgan fingerprint density at radius 2 is 1.13 bits per heavy atom. The van der Waals surface area contributed by atoms with Crippen molar-refractivity contribution in [1.29, 1.82) is 0 Å². The Kier molecular flexibility index (Phi) is 7.41. The van der Waals surface area contributed by atoms with Crippen LogP contribution in [0.25, 0.3) is 0 Å². The van der Waals surface area contributed by atoms with Crippen LogP contribution in [0, 0.1) is 0 Å². The molecule has 3 nitrogen and oxygen atoms in total. The molecule has 0 atom stereocenters. The summed E-state index contributed by atoms with van der Waals surface area (Å²) in [7, 11) is 13.5. The van der Waals surface area contributed by atoms with Gasteiger partial charge in [-0.3, -0.25) is 0 Å². The van der Waals surface area contributed by atoms with Crippen LogP contribution in [0.5, 0.6) is 0 Å². The maximum absolute atomic E-state index is 2.52. The van der Waals surface area contributed by atoms with Crippen LogP contribution in [0.2, 0.25) is 4.44 Å². The van der Waals surface area contributed by atoms with Crippen molar-refractivity contribution in [3.05, 3.63) is 0 Å². The normalized spacial score (nSPS) is 13.2. The van der Waals surface area contributed by atoms with Gasteiger partial charge in [-0.2, -0.15) is 0 Å². The van der Waals surface area contributed by atoms with Crippen LogP contribution in [0.1, 0.15) is 26.2 Å². The Hall–Kier alpha value is 0.679. The van der Waals surface area contributed by atoms with Crippen molar-refractivity contribution in [3.8, 4) is 0 Å². The first-order chi connectivity index (χ1) is 6.89. The van der Waals surface area contributed by atoms with Gasteiger partial charge in [0, 0.05) is 0 Å². The van der Waals surface area contributed by atoms with E-state index >= 15 is 0 Å². The van der Waals surface area contributed by atoms with Crippen molar-refractivity contribution >= 4 is 19.2 Å². The number of unbranched alkanes of at least 4 members (excludes halogenated alkanes) is 2. The molecule has 92 valence electrons. The molecule has 0 bridgehead atoms. The molecule has 0 rings (SSSR count). The predicted octanol–water partition coefficient (Wildman–Crippen LogP) is 1.80. The third-order valence-electron chi connectivity index (χ3n) is 3.26. The predicted molar refractivity (Wildman–Crippen MR) is 71.1 cm³/mol. The first-order valence-electron chi connectivity index (χ1n) is 5.91. The second-order valence-corrected chi connectivity index (χ2v) is 18.4. The fraction of sp³-hybridized carbons (Fsp3) is 1.00. The minimum atomic E-state index is -2.39. The molecule has 0 aromatic heterocycles. The summed E-state index contributed by atoms with van der Waals surface area (Å²) in [6.45, 7) is 2.28. The van der Waals surface area contributed by atoms with Crippen molar-refractivity contribution in [2.45, 2.75) is 30.6 Å². The van der Waals surface area contributed by atoms with Crippen molar-refractivity contribution in [3.63, 3.8) is 0 Å². The van der Waals surface area contributed by atoms with Gasteiger partial charge in [0.1, 0.15) is 0 Å². The molecular weight excluding hydrogens is 293 g/mol. The van der Waals surface area contributed by atoms with Gasteiger partial charge in [0.25, 0.3) is 0 Å². The molecule has 4 heteroatoms. The summed E-state index contributed by atoms with van der Waals surface area (Å²) < 4.78 is 8.95. The molecule has 0 aromatic carbocycles. The molecule has 0 amide bonds. The molecule has 0 unspecified atom stereocenters. The summed E-state index contributed by atoms with van der Waals surface area (Å²) in [4.78, 5) is 0. The molecule has 0 saturated carbocycles. The van der Waals surface area contributed by atoms with Crippen molar-refractivity contribution in [1.82, 2.24) is 9.36 Å². The zero-order chi connectivity index (χ0) is 12.1. The Morgan fingerprint density at radius 1 is 0.733 bits per heavy atom. The Morgan fingerprint density at radius 3 is 1.40 bits per heavy atom. The minimum absolute atomic E-state index is 1.32. The molecule has 0 aromatic rings. The van der Waals surface area contributed by atoms with Gasteiger partial charge >= 0.3 is 101 Å². The van der Waals surface area contributed by atoms with E-state index in [9.17, 15) is 0 Å². The monoisotopic (exact) mass is 323 g/mol. The van der Waals surface area contributed by atoms with E-state index in [4.69, 9.17) is 0 Å². The molecule has 0 N–H and O–H groups in total. The van der Waals surface area contributed by atoms with E-state index in [2.05, 4.69) is 58.6 Å². The molecule has 0 spiro atoms.